The van der Waals surface area contributed by atoms with Gasteiger partial charge in [0.2, 0.25) is 15.9 Å². The van der Waals surface area contributed by atoms with E-state index in [0.29, 0.717) is 28.5 Å². The molecule has 0 aliphatic carbocycles. The summed E-state index contributed by atoms with van der Waals surface area (Å²) < 4.78 is 44.6. The molecule has 0 atom stereocenters. The summed E-state index contributed by atoms with van der Waals surface area (Å²) in [6, 6.07) is 13.0. The Kier molecular flexibility index (Phi) is 6.28. The van der Waals surface area contributed by atoms with Crippen molar-refractivity contribution in [3.63, 3.8) is 0 Å². The molecule has 3 aromatic rings. The summed E-state index contributed by atoms with van der Waals surface area (Å²) in [4.78, 5) is 16.2. The van der Waals surface area contributed by atoms with Gasteiger partial charge in [-0.15, -0.1) is 0 Å². The Morgan fingerprint density at radius 3 is 2.62 bits per heavy atom. The van der Waals surface area contributed by atoms with E-state index < -0.39 is 15.8 Å². The van der Waals surface area contributed by atoms with Crippen LogP contribution in [0.1, 0.15) is 17.9 Å². The Hall–Kier alpha value is -3.20. The zero-order chi connectivity index (χ0) is 20.9. The maximum absolute atomic E-state index is 13.8. The molecule has 0 aliphatic heterocycles. The maximum atomic E-state index is 13.8. The molecule has 0 aliphatic rings. The minimum Gasteiger partial charge on any atom is -0.441 e. The third kappa shape index (κ3) is 5.89. The molecule has 0 bridgehead atoms. The summed E-state index contributed by atoms with van der Waals surface area (Å²) in [6.45, 7) is 0.170. The predicted molar refractivity (Wildman–Crippen MR) is 107 cm³/mol. The number of para-hydroxylation sites is 1. The van der Waals surface area contributed by atoms with Crippen molar-refractivity contribution in [1.82, 2.24) is 10.3 Å². The third-order valence-electron chi connectivity index (χ3n) is 4.05. The Bertz CT molecular complexity index is 1110. The fourth-order valence-electron chi connectivity index (χ4n) is 2.69. The number of carbonyl (C=O) groups is 1. The number of carbonyl (C=O) groups excluding carboxylic acids is 1. The predicted octanol–water partition coefficient (Wildman–Crippen LogP) is 3.10. The number of benzene rings is 2. The molecule has 7 nitrogen and oxygen atoms in total. The van der Waals surface area contributed by atoms with Crippen molar-refractivity contribution in [3.05, 3.63) is 72.0 Å². The number of aromatic nitrogens is 1. The molecule has 29 heavy (non-hydrogen) atoms. The second kappa shape index (κ2) is 8.87. The van der Waals surface area contributed by atoms with Crippen molar-refractivity contribution >= 4 is 21.6 Å². The molecule has 2 aromatic carbocycles. The molecule has 0 saturated carbocycles. The van der Waals surface area contributed by atoms with Crippen molar-refractivity contribution in [1.29, 1.82) is 0 Å². The average molecular weight is 417 g/mol. The number of amides is 1. The lowest BCUT2D eigenvalue weighted by Crippen LogP contribution is -2.24. The number of halogens is 1. The van der Waals surface area contributed by atoms with E-state index in [-0.39, 0.29) is 25.3 Å². The number of aryl methyl sites for hydroxylation is 1. The molecule has 0 saturated heterocycles. The zero-order valence-electron chi connectivity index (χ0n) is 15.7. The van der Waals surface area contributed by atoms with E-state index in [2.05, 4.69) is 15.0 Å². The van der Waals surface area contributed by atoms with Crippen LogP contribution >= 0.6 is 0 Å². The topological polar surface area (TPSA) is 101 Å². The molecule has 0 unspecified atom stereocenters. The van der Waals surface area contributed by atoms with Crippen LogP contribution in [0, 0.1) is 5.82 Å². The monoisotopic (exact) mass is 417 g/mol. The number of oxazole rings is 1. The van der Waals surface area contributed by atoms with Gasteiger partial charge in [-0.2, -0.15) is 0 Å². The van der Waals surface area contributed by atoms with Gasteiger partial charge in [0.15, 0.2) is 11.7 Å². The molecule has 152 valence electrons. The van der Waals surface area contributed by atoms with E-state index in [4.69, 9.17) is 4.42 Å². The zero-order valence-corrected chi connectivity index (χ0v) is 16.5. The standard InChI is InChI=1S/C20H20FN3O4S/c1-29(26,27)24-17-9-5-2-6-14(17)12-22-19(25)10-11-20-23-13-18(28-20)15-7-3-4-8-16(15)21/h2-9,13,24H,10-12H2,1H3,(H,22,25). The molecule has 9 heteroatoms. The van der Waals surface area contributed by atoms with Crippen LogP contribution in [0.25, 0.3) is 11.3 Å². The van der Waals surface area contributed by atoms with Crippen molar-refractivity contribution in [2.75, 3.05) is 11.0 Å². The van der Waals surface area contributed by atoms with Crippen LogP contribution < -0.4 is 10.0 Å². The first-order chi connectivity index (χ1) is 13.8. The second-order valence-electron chi connectivity index (χ2n) is 6.41. The lowest BCUT2D eigenvalue weighted by atomic mass is 10.2. The first-order valence-corrected chi connectivity index (χ1v) is 10.7. The first-order valence-electron chi connectivity index (χ1n) is 8.84. The number of nitrogens with one attached hydrogen (secondary N) is 2. The van der Waals surface area contributed by atoms with Gasteiger partial charge in [-0.05, 0) is 23.8 Å². The van der Waals surface area contributed by atoms with Crippen LogP contribution in [-0.2, 0) is 27.8 Å². The van der Waals surface area contributed by atoms with Gasteiger partial charge >= 0.3 is 0 Å². The highest BCUT2D eigenvalue weighted by molar-refractivity contribution is 7.92. The van der Waals surface area contributed by atoms with Crippen molar-refractivity contribution in [2.45, 2.75) is 19.4 Å². The van der Waals surface area contributed by atoms with E-state index in [0.717, 1.165) is 6.26 Å². The lowest BCUT2D eigenvalue weighted by molar-refractivity contribution is -0.121. The highest BCUT2D eigenvalue weighted by Crippen LogP contribution is 2.23. The molecule has 1 heterocycles. The average Bonchev–Trinajstić information content (AvgIpc) is 3.13. The number of hydrogen-bond donors (Lipinski definition) is 2. The number of hydrogen-bond acceptors (Lipinski definition) is 5. The van der Waals surface area contributed by atoms with E-state index in [1.807, 2.05) is 0 Å². The van der Waals surface area contributed by atoms with Crippen LogP contribution in [0.3, 0.4) is 0 Å². The van der Waals surface area contributed by atoms with Gasteiger partial charge in [-0.3, -0.25) is 9.52 Å². The Morgan fingerprint density at radius 2 is 1.86 bits per heavy atom. The van der Waals surface area contributed by atoms with Crippen LogP contribution in [0.2, 0.25) is 0 Å². The molecule has 0 radical (unpaired) electrons. The van der Waals surface area contributed by atoms with Gasteiger partial charge in [0.25, 0.3) is 0 Å². The second-order valence-corrected chi connectivity index (χ2v) is 8.15. The summed E-state index contributed by atoms with van der Waals surface area (Å²) in [6.07, 6.45) is 2.87. The Labute approximate surface area is 168 Å². The summed E-state index contributed by atoms with van der Waals surface area (Å²) in [7, 11) is -3.42. The third-order valence-corrected chi connectivity index (χ3v) is 4.64. The van der Waals surface area contributed by atoms with E-state index in [9.17, 15) is 17.6 Å². The van der Waals surface area contributed by atoms with E-state index in [1.54, 1.807) is 42.5 Å². The largest absolute Gasteiger partial charge is 0.441 e. The Balaban J connectivity index is 1.55. The molecule has 2 N–H and O–H groups in total. The molecular weight excluding hydrogens is 397 g/mol. The molecular formula is C20H20FN3O4S. The number of sulfonamides is 1. The van der Waals surface area contributed by atoms with Gasteiger partial charge in [-0.1, -0.05) is 30.3 Å². The van der Waals surface area contributed by atoms with Gasteiger partial charge in [0.1, 0.15) is 5.82 Å². The lowest BCUT2D eigenvalue weighted by Gasteiger charge is -2.11. The molecule has 0 spiro atoms. The maximum Gasteiger partial charge on any atom is 0.229 e. The van der Waals surface area contributed by atoms with Gasteiger partial charge in [0.05, 0.1) is 23.7 Å². The van der Waals surface area contributed by atoms with Gasteiger partial charge < -0.3 is 9.73 Å². The summed E-state index contributed by atoms with van der Waals surface area (Å²) in [5.74, 6) is -0.0176. The normalized spacial score (nSPS) is 11.2. The Morgan fingerprint density at radius 1 is 1.14 bits per heavy atom. The fraction of sp³-hybridized carbons (Fsp3) is 0.200. The smallest absolute Gasteiger partial charge is 0.229 e. The summed E-state index contributed by atoms with van der Waals surface area (Å²) in [5.41, 5.74) is 1.37. The van der Waals surface area contributed by atoms with Crippen LogP contribution in [0.4, 0.5) is 10.1 Å². The molecule has 1 amide bonds. The first kappa shape index (κ1) is 20.5. The number of anilines is 1. The van der Waals surface area contributed by atoms with Gasteiger partial charge in [0, 0.05) is 19.4 Å². The number of rotatable bonds is 8. The van der Waals surface area contributed by atoms with E-state index >= 15 is 0 Å². The highest BCUT2D eigenvalue weighted by atomic mass is 32.2. The molecule has 3 rings (SSSR count). The summed E-state index contributed by atoms with van der Waals surface area (Å²) in [5, 5.41) is 2.74. The highest BCUT2D eigenvalue weighted by Gasteiger charge is 2.12. The van der Waals surface area contributed by atoms with Gasteiger partial charge in [-0.25, -0.2) is 17.8 Å². The van der Waals surface area contributed by atoms with Crippen molar-refractivity contribution in [2.24, 2.45) is 0 Å². The van der Waals surface area contributed by atoms with Crippen LogP contribution in [0.15, 0.2) is 59.1 Å². The summed E-state index contributed by atoms with van der Waals surface area (Å²) >= 11 is 0. The van der Waals surface area contributed by atoms with Crippen molar-refractivity contribution < 1.29 is 22.0 Å². The number of nitrogens with zero attached hydrogens (tertiary/aromatic N) is 1. The minimum absolute atomic E-state index is 0.124. The molecule has 1 aromatic heterocycles. The van der Waals surface area contributed by atoms with Crippen molar-refractivity contribution in [3.8, 4) is 11.3 Å². The fourth-order valence-corrected chi connectivity index (χ4v) is 3.29. The molecule has 0 fully saturated rings. The van der Waals surface area contributed by atoms with E-state index in [1.165, 1.54) is 12.3 Å². The quantitative estimate of drug-likeness (QED) is 0.586. The van der Waals surface area contributed by atoms with Crippen LogP contribution in [0.5, 0.6) is 0 Å². The minimum atomic E-state index is -3.42. The SMILES string of the molecule is CS(=O)(=O)Nc1ccccc1CNC(=O)CCc1ncc(-c2ccccc2F)o1. The van der Waals surface area contributed by atoms with Crippen LogP contribution in [-0.4, -0.2) is 25.6 Å².